The molecule has 43 heavy (non-hydrogen) atoms. The topological polar surface area (TPSA) is 111 Å². The summed E-state index contributed by atoms with van der Waals surface area (Å²) in [4.78, 5) is 57.5. The third-order valence-corrected chi connectivity index (χ3v) is 12.9. The number of aliphatic hydroxyl groups excluding tert-OH is 1. The lowest BCUT2D eigenvalue weighted by atomic mass is 9.82. The maximum Gasteiger partial charge on any atom is 0.264 e. The molecule has 230 valence electrons. The first-order valence-electron chi connectivity index (χ1n) is 15.3. The van der Waals surface area contributed by atoms with Gasteiger partial charge in [-0.05, 0) is 68.3 Å². The molecule has 0 bridgehead atoms. The lowest BCUT2D eigenvalue weighted by molar-refractivity contribution is -0.150. The number of likely N-dealkylation sites (tertiary alicyclic amines) is 1. The van der Waals surface area contributed by atoms with E-state index in [1.54, 1.807) is 14.7 Å². The molecule has 2 aromatic carbocycles. The molecular weight excluding hydrogens is 630 g/mol. The summed E-state index contributed by atoms with van der Waals surface area (Å²) < 4.78 is 7.65. The number of benzene rings is 2. The summed E-state index contributed by atoms with van der Waals surface area (Å²) in [7, 11) is -2.93. The van der Waals surface area contributed by atoms with Crippen molar-refractivity contribution in [3.63, 3.8) is 0 Å². The highest BCUT2D eigenvalue weighted by Gasteiger charge is 2.66. The zero-order valence-electron chi connectivity index (χ0n) is 25.0. The molecule has 4 aliphatic heterocycles. The van der Waals surface area contributed by atoms with Gasteiger partial charge in [-0.25, -0.2) is 0 Å². The van der Waals surface area contributed by atoms with Gasteiger partial charge < -0.3 is 29.3 Å². The molecule has 4 aliphatic rings. The van der Waals surface area contributed by atoms with Crippen LogP contribution in [0.15, 0.2) is 46.9 Å². The van der Waals surface area contributed by atoms with Crippen molar-refractivity contribution < 1.29 is 29.0 Å². The third kappa shape index (κ3) is 5.16. The van der Waals surface area contributed by atoms with E-state index < -0.39 is 20.0 Å². The Bertz CT molecular complexity index is 1450. The summed E-state index contributed by atoms with van der Waals surface area (Å²) in [5.41, 5.74) is 1.48. The van der Waals surface area contributed by atoms with Crippen molar-refractivity contribution >= 4 is 53.3 Å². The van der Waals surface area contributed by atoms with E-state index in [1.807, 2.05) is 62.5 Å². The van der Waals surface area contributed by atoms with Crippen LogP contribution < -0.4 is 9.80 Å². The van der Waals surface area contributed by atoms with Gasteiger partial charge >= 0.3 is 0 Å². The summed E-state index contributed by atoms with van der Waals surface area (Å²) in [6.07, 6.45) is 2.39. The van der Waals surface area contributed by atoms with Crippen LogP contribution in [0, 0.1) is 5.92 Å². The van der Waals surface area contributed by atoms with Crippen molar-refractivity contribution in [2.75, 3.05) is 29.5 Å². The van der Waals surface area contributed by atoms with Crippen LogP contribution in [0.4, 0.5) is 11.4 Å². The molecule has 0 unspecified atom stereocenters. The lowest BCUT2D eigenvalue weighted by Crippen LogP contribution is -2.46. The second kappa shape index (κ2) is 11.4. The highest BCUT2D eigenvalue weighted by molar-refractivity contribution is 9.10. The van der Waals surface area contributed by atoms with Crippen LogP contribution in [0.1, 0.15) is 50.2 Å². The summed E-state index contributed by atoms with van der Waals surface area (Å²) in [6, 6.07) is 13.3. The minimum atomic E-state index is -2.93. The number of nitrogens with zero attached hydrogens (tertiary/aromatic N) is 3. The molecule has 0 aromatic heterocycles. The Morgan fingerprint density at radius 3 is 2.63 bits per heavy atom. The normalized spacial score (nSPS) is 28.9. The van der Waals surface area contributed by atoms with Crippen LogP contribution in [-0.2, 0) is 31.3 Å². The Morgan fingerprint density at radius 2 is 1.93 bits per heavy atom. The van der Waals surface area contributed by atoms with Crippen LogP contribution in [0.2, 0.25) is 18.6 Å². The maximum absolute atomic E-state index is 14.7. The number of halogens is 1. The number of rotatable bonds is 7. The summed E-state index contributed by atoms with van der Waals surface area (Å²) in [5, 5.41) is 9.82. The first-order valence-corrected chi connectivity index (χ1v) is 19.1. The van der Waals surface area contributed by atoms with E-state index in [0.29, 0.717) is 26.1 Å². The molecule has 1 spiro atoms. The molecule has 6 rings (SSSR count). The number of fused-ring (bicyclic) bond motifs is 2. The average Bonchev–Trinajstić information content (AvgIpc) is 3.72. The Kier molecular flexibility index (Phi) is 8.08. The Balaban J connectivity index is 1.35. The van der Waals surface area contributed by atoms with Crippen LogP contribution in [-0.4, -0.2) is 72.7 Å². The second-order valence-corrected chi connectivity index (χ2v) is 17.9. The predicted octanol–water partition coefficient (Wildman–Crippen LogP) is 4.29. The molecule has 11 heteroatoms. The van der Waals surface area contributed by atoms with E-state index in [1.165, 1.54) is 0 Å². The van der Waals surface area contributed by atoms with Crippen LogP contribution in [0.5, 0.6) is 0 Å². The van der Waals surface area contributed by atoms with Gasteiger partial charge in [0.2, 0.25) is 11.8 Å². The molecule has 3 amide bonds. The van der Waals surface area contributed by atoms with E-state index in [0.717, 1.165) is 46.2 Å². The van der Waals surface area contributed by atoms with Gasteiger partial charge in [0, 0.05) is 46.7 Å². The summed E-state index contributed by atoms with van der Waals surface area (Å²) >= 11 is 3.60. The number of aliphatic hydroxyl groups is 1. The summed E-state index contributed by atoms with van der Waals surface area (Å²) in [5.74, 6) is -0.593. The van der Waals surface area contributed by atoms with Gasteiger partial charge in [-0.2, -0.15) is 0 Å². The number of amides is 3. The van der Waals surface area contributed by atoms with Gasteiger partial charge in [0.1, 0.15) is 0 Å². The van der Waals surface area contributed by atoms with E-state index >= 15 is 0 Å². The Labute approximate surface area is 262 Å². The van der Waals surface area contributed by atoms with Gasteiger partial charge in [0.05, 0.1) is 37.4 Å². The van der Waals surface area contributed by atoms with Crippen LogP contribution in [0.3, 0.4) is 0 Å². The molecule has 2 N–H and O–H groups in total. The number of carbonyl (C=O) groups excluding carboxylic acids is 3. The number of hydrogen-bond donors (Lipinski definition) is 2. The minimum absolute atomic E-state index is 0.0484. The molecular formula is C32H40BrN3O6Si. The Morgan fingerprint density at radius 1 is 1.14 bits per heavy atom. The molecule has 0 radical (unpaired) electrons. The van der Waals surface area contributed by atoms with E-state index in [2.05, 4.69) is 15.9 Å². The van der Waals surface area contributed by atoms with E-state index in [4.69, 9.17) is 4.74 Å². The van der Waals surface area contributed by atoms with Crippen molar-refractivity contribution in [3.8, 4) is 0 Å². The zero-order valence-corrected chi connectivity index (χ0v) is 27.5. The van der Waals surface area contributed by atoms with Crippen molar-refractivity contribution in [2.45, 2.75) is 82.0 Å². The number of ether oxygens (including phenoxy) is 1. The van der Waals surface area contributed by atoms with Crippen molar-refractivity contribution in [1.82, 2.24) is 4.90 Å². The number of anilines is 2. The highest BCUT2D eigenvalue weighted by atomic mass is 79.9. The largest absolute Gasteiger partial charge is 0.432 e. The first-order chi connectivity index (χ1) is 20.5. The Hall–Kier alpha value is -2.57. The lowest BCUT2D eigenvalue weighted by Gasteiger charge is -2.33. The third-order valence-electron chi connectivity index (χ3n) is 9.87. The van der Waals surface area contributed by atoms with Crippen LogP contribution >= 0.6 is 15.9 Å². The van der Waals surface area contributed by atoms with Gasteiger partial charge in [0.15, 0.2) is 13.9 Å². The molecule has 4 heterocycles. The van der Waals surface area contributed by atoms with Crippen LogP contribution in [0.25, 0.3) is 0 Å². The van der Waals surface area contributed by atoms with E-state index in [-0.39, 0.29) is 48.3 Å². The SMILES string of the molecule is C[C@H]1[C@H]([Si](C)(C)O)[C@@H](CC(=O)N2CCC[C@H]2CO)O[C@]12C(=O)N(Cc1cccc(N3CCCC3=O)c1)c1ccc(Br)cc12. The maximum atomic E-state index is 14.7. The molecule has 2 aromatic rings. The number of hydrogen-bond acceptors (Lipinski definition) is 6. The van der Waals surface area contributed by atoms with Gasteiger partial charge in [0.25, 0.3) is 5.91 Å². The highest BCUT2D eigenvalue weighted by Crippen LogP contribution is 2.60. The van der Waals surface area contributed by atoms with Gasteiger partial charge in [-0.1, -0.05) is 35.0 Å². The fourth-order valence-electron chi connectivity index (χ4n) is 7.98. The molecule has 3 saturated heterocycles. The first kappa shape index (κ1) is 30.5. The monoisotopic (exact) mass is 669 g/mol. The fraction of sp³-hybridized carbons (Fsp3) is 0.531. The van der Waals surface area contributed by atoms with Crippen molar-refractivity contribution in [3.05, 3.63) is 58.1 Å². The van der Waals surface area contributed by atoms with E-state index in [9.17, 15) is 24.3 Å². The van der Waals surface area contributed by atoms with Crippen molar-refractivity contribution in [2.24, 2.45) is 5.92 Å². The minimum Gasteiger partial charge on any atom is -0.432 e. The molecule has 9 nitrogen and oxygen atoms in total. The zero-order chi connectivity index (χ0) is 30.7. The fourth-order valence-corrected chi connectivity index (χ4v) is 10.9. The molecule has 0 saturated carbocycles. The standard InChI is InChI=1S/C32H40BrN3O6Si/c1-20-30(43(2,3)41)27(17-29(39)35-13-5-9-24(35)19-37)42-32(20)25-16-22(33)11-12-26(25)36(31(32)40)18-21-7-4-8-23(15-21)34-14-6-10-28(34)38/h4,7-8,11-12,15-16,20,24,27,30,37,41H,5-6,9-10,13-14,17-19H2,1-3H3/t20-,24-,27+,30-,32+/m0/s1. The number of carbonyl (C=O) groups is 3. The van der Waals surface area contributed by atoms with Crippen molar-refractivity contribution in [1.29, 1.82) is 0 Å². The predicted molar refractivity (Wildman–Crippen MR) is 169 cm³/mol. The quantitative estimate of drug-likeness (QED) is 0.426. The molecule has 3 fully saturated rings. The second-order valence-electron chi connectivity index (χ2n) is 13.0. The van der Waals surface area contributed by atoms with Gasteiger partial charge in [-0.3, -0.25) is 14.4 Å². The summed E-state index contributed by atoms with van der Waals surface area (Å²) in [6.45, 7) is 7.17. The average molecular weight is 671 g/mol. The molecule has 5 atom stereocenters. The smallest absolute Gasteiger partial charge is 0.264 e. The van der Waals surface area contributed by atoms with Gasteiger partial charge in [-0.15, -0.1) is 0 Å². The molecule has 0 aliphatic carbocycles.